The highest BCUT2D eigenvalue weighted by molar-refractivity contribution is 9.09. The molecular weight excluding hydrogens is 511 g/mol. The molecule has 0 spiro atoms. The molecule has 1 amide bonds. The first-order valence-electron chi connectivity index (χ1n) is 9.84. The number of hydrogen-bond donors (Lipinski definition) is 0. The summed E-state index contributed by atoms with van der Waals surface area (Å²) in [5, 5.41) is -0.199. The van der Waals surface area contributed by atoms with Crippen LogP contribution in [0.15, 0.2) is 36.5 Å². The van der Waals surface area contributed by atoms with Gasteiger partial charge in [-0.2, -0.15) is 0 Å². The van der Waals surface area contributed by atoms with Crippen molar-refractivity contribution in [3.63, 3.8) is 0 Å². The summed E-state index contributed by atoms with van der Waals surface area (Å²) in [6, 6.07) is 7.29. The van der Waals surface area contributed by atoms with Crippen LogP contribution in [-0.4, -0.2) is 44.4 Å². The molecule has 168 valence electrons. The number of benzene rings is 1. The van der Waals surface area contributed by atoms with Crippen molar-refractivity contribution in [2.45, 2.75) is 25.2 Å². The maximum absolute atomic E-state index is 14.3. The van der Waals surface area contributed by atoms with Crippen molar-refractivity contribution >= 4 is 44.9 Å². The van der Waals surface area contributed by atoms with Crippen LogP contribution >= 0.6 is 27.5 Å². The molecule has 3 heterocycles. The van der Waals surface area contributed by atoms with Crippen LogP contribution in [0, 0.1) is 5.82 Å². The van der Waals surface area contributed by atoms with Gasteiger partial charge in [-0.05, 0) is 30.2 Å². The first-order chi connectivity index (χ1) is 15.1. The second-order valence-corrected chi connectivity index (χ2v) is 8.74. The molecule has 0 N–H and O–H groups in total. The summed E-state index contributed by atoms with van der Waals surface area (Å²) >= 11 is 9.41. The summed E-state index contributed by atoms with van der Waals surface area (Å²) in [6.45, 7) is 1.42. The predicted molar refractivity (Wildman–Crippen MR) is 118 cm³/mol. The second-order valence-electron chi connectivity index (χ2n) is 7.82. The lowest BCUT2D eigenvalue weighted by Gasteiger charge is -2.15. The number of likely N-dealkylation sites (tertiary alicyclic amines) is 1. The van der Waals surface area contributed by atoms with Gasteiger partial charge in [0, 0.05) is 37.7 Å². The number of halogens is 5. The molecule has 1 aliphatic rings. The average molecular weight is 529 g/mol. The smallest absolute Gasteiger partial charge is 0.275 e. The van der Waals surface area contributed by atoms with Crippen molar-refractivity contribution in [3.05, 3.63) is 69.9 Å². The van der Waals surface area contributed by atoms with Gasteiger partial charge >= 0.3 is 0 Å². The van der Waals surface area contributed by atoms with Crippen LogP contribution in [0.4, 0.5) is 13.2 Å². The van der Waals surface area contributed by atoms with Crippen molar-refractivity contribution in [2.24, 2.45) is 0 Å². The standard InChI is InChI=1S/C22H18BrClF3N3O2/c1-22(26,27)16-8-14(17(31)9-23)11-30-19(24)18(28-20(16)30)21(32)29-6-5-13(10-29)12-3-2-4-15(25)7-12/h2-4,7-8,11,13H,5-6,9-10H2,1H3. The number of alkyl halides is 3. The van der Waals surface area contributed by atoms with Crippen molar-refractivity contribution in [2.75, 3.05) is 18.4 Å². The van der Waals surface area contributed by atoms with E-state index < -0.39 is 23.2 Å². The molecule has 1 fully saturated rings. The van der Waals surface area contributed by atoms with E-state index >= 15 is 0 Å². The summed E-state index contributed by atoms with van der Waals surface area (Å²) in [5.74, 6) is -4.62. The fourth-order valence-corrected chi connectivity index (χ4v) is 4.51. The Morgan fingerprint density at radius 1 is 1.31 bits per heavy atom. The van der Waals surface area contributed by atoms with Gasteiger partial charge in [0.05, 0.1) is 10.9 Å². The lowest BCUT2D eigenvalue weighted by Crippen LogP contribution is -2.29. The van der Waals surface area contributed by atoms with Crippen molar-refractivity contribution < 1.29 is 22.8 Å². The maximum atomic E-state index is 14.3. The highest BCUT2D eigenvalue weighted by Gasteiger charge is 2.34. The van der Waals surface area contributed by atoms with Crippen LogP contribution < -0.4 is 0 Å². The number of nitrogens with zero attached hydrogens (tertiary/aromatic N) is 3. The van der Waals surface area contributed by atoms with E-state index in [-0.39, 0.29) is 39.1 Å². The normalized spacial score (nSPS) is 16.7. The van der Waals surface area contributed by atoms with Crippen LogP contribution in [0.25, 0.3) is 5.65 Å². The van der Waals surface area contributed by atoms with Gasteiger partial charge in [-0.15, -0.1) is 0 Å². The molecule has 0 saturated carbocycles. The summed E-state index contributed by atoms with van der Waals surface area (Å²) in [4.78, 5) is 30.9. The quantitative estimate of drug-likeness (QED) is 0.327. The molecule has 10 heteroatoms. The van der Waals surface area contributed by atoms with Crippen LogP contribution in [0.3, 0.4) is 0 Å². The molecule has 4 rings (SSSR count). The van der Waals surface area contributed by atoms with E-state index in [0.29, 0.717) is 26.4 Å². The van der Waals surface area contributed by atoms with Crippen LogP contribution in [0.2, 0.25) is 5.15 Å². The first-order valence-corrected chi connectivity index (χ1v) is 11.3. The Bertz CT molecular complexity index is 1230. The Kier molecular flexibility index (Phi) is 6.06. The van der Waals surface area contributed by atoms with Crippen molar-refractivity contribution in [1.82, 2.24) is 14.3 Å². The molecule has 0 aliphatic carbocycles. The van der Waals surface area contributed by atoms with Gasteiger partial charge in [-0.25, -0.2) is 18.2 Å². The number of ketones is 1. The third-order valence-electron chi connectivity index (χ3n) is 5.58. The van der Waals surface area contributed by atoms with Gasteiger partial charge in [-0.1, -0.05) is 39.7 Å². The number of imidazole rings is 1. The summed E-state index contributed by atoms with van der Waals surface area (Å²) < 4.78 is 43.3. The van der Waals surface area contributed by atoms with Gasteiger partial charge in [0.2, 0.25) is 0 Å². The van der Waals surface area contributed by atoms with E-state index in [4.69, 9.17) is 11.6 Å². The van der Waals surface area contributed by atoms with Crippen LogP contribution in [0.1, 0.15) is 51.2 Å². The van der Waals surface area contributed by atoms with E-state index in [1.54, 1.807) is 12.1 Å². The third kappa shape index (κ3) is 4.15. The van der Waals surface area contributed by atoms with Crippen molar-refractivity contribution in [1.29, 1.82) is 0 Å². The highest BCUT2D eigenvalue weighted by atomic mass is 79.9. The van der Waals surface area contributed by atoms with E-state index in [1.165, 1.54) is 23.2 Å². The molecular formula is C22H18BrClF3N3O2. The maximum Gasteiger partial charge on any atom is 0.275 e. The molecule has 1 aromatic carbocycles. The zero-order chi connectivity index (χ0) is 23.2. The number of carbonyl (C=O) groups is 2. The number of amides is 1. The zero-order valence-corrected chi connectivity index (χ0v) is 19.3. The summed E-state index contributed by atoms with van der Waals surface area (Å²) in [5.41, 5.74) is -0.0357. The molecule has 0 bridgehead atoms. The molecule has 5 nitrogen and oxygen atoms in total. The van der Waals surface area contributed by atoms with E-state index in [1.807, 2.05) is 0 Å². The van der Waals surface area contributed by atoms with Gasteiger partial charge in [0.25, 0.3) is 11.8 Å². The Morgan fingerprint density at radius 3 is 2.72 bits per heavy atom. The fraction of sp³-hybridized carbons (Fsp3) is 0.318. The molecule has 1 saturated heterocycles. The molecule has 1 aliphatic heterocycles. The molecule has 3 aromatic rings. The average Bonchev–Trinajstić information content (AvgIpc) is 3.37. The van der Waals surface area contributed by atoms with Crippen LogP contribution in [-0.2, 0) is 5.92 Å². The number of rotatable bonds is 5. The largest absolute Gasteiger partial charge is 0.337 e. The minimum Gasteiger partial charge on any atom is -0.337 e. The Morgan fingerprint density at radius 2 is 2.06 bits per heavy atom. The third-order valence-corrected chi connectivity index (χ3v) is 6.45. The van der Waals surface area contributed by atoms with E-state index in [0.717, 1.165) is 16.0 Å². The number of carbonyl (C=O) groups excluding carboxylic acids is 2. The number of hydrogen-bond acceptors (Lipinski definition) is 3. The lowest BCUT2D eigenvalue weighted by molar-refractivity contribution is 0.0185. The fourth-order valence-electron chi connectivity index (χ4n) is 3.93. The first kappa shape index (κ1) is 22.8. The van der Waals surface area contributed by atoms with Gasteiger partial charge in [0.1, 0.15) is 16.6 Å². The molecule has 1 unspecified atom stereocenters. The Hall–Kier alpha value is -2.39. The van der Waals surface area contributed by atoms with E-state index in [2.05, 4.69) is 20.9 Å². The Balaban J connectivity index is 1.71. The number of pyridine rings is 1. The van der Waals surface area contributed by atoms with Gasteiger partial charge in [0.15, 0.2) is 11.5 Å². The van der Waals surface area contributed by atoms with E-state index in [9.17, 15) is 22.8 Å². The topological polar surface area (TPSA) is 54.7 Å². The number of aromatic nitrogens is 2. The highest BCUT2D eigenvalue weighted by Crippen LogP contribution is 2.35. The van der Waals surface area contributed by atoms with Gasteiger partial charge < -0.3 is 4.90 Å². The molecule has 2 aromatic heterocycles. The number of fused-ring (bicyclic) bond motifs is 1. The monoisotopic (exact) mass is 527 g/mol. The van der Waals surface area contributed by atoms with Crippen molar-refractivity contribution in [3.8, 4) is 0 Å². The summed E-state index contributed by atoms with van der Waals surface area (Å²) in [7, 11) is 0. The molecule has 1 atom stereocenters. The van der Waals surface area contributed by atoms with Crippen LogP contribution in [0.5, 0.6) is 0 Å². The van der Waals surface area contributed by atoms with Gasteiger partial charge in [-0.3, -0.25) is 14.0 Å². The zero-order valence-electron chi connectivity index (χ0n) is 16.9. The SMILES string of the molecule is CC(F)(F)c1cc(C(=O)CBr)cn2c(Cl)c(C(=O)N3CCC(c4cccc(F)c4)C3)nc12. The lowest BCUT2D eigenvalue weighted by atomic mass is 9.98. The predicted octanol–water partition coefficient (Wildman–Crippen LogP) is 5.45. The number of Topliss-reactive ketones (excluding diaryl/α,β-unsaturated/α-hetero) is 1. The summed E-state index contributed by atoms with van der Waals surface area (Å²) in [6.07, 6.45) is 1.93. The molecule has 32 heavy (non-hydrogen) atoms. The Labute approximate surface area is 195 Å². The minimum atomic E-state index is -3.31. The second kappa shape index (κ2) is 8.51. The molecule has 0 radical (unpaired) electrons. The minimum absolute atomic E-state index is 0.0246.